The van der Waals surface area contributed by atoms with Gasteiger partial charge in [-0.25, -0.2) is 0 Å². The molecule has 0 saturated carbocycles. The predicted octanol–water partition coefficient (Wildman–Crippen LogP) is 1.58. The van der Waals surface area contributed by atoms with E-state index in [9.17, 15) is 0 Å². The van der Waals surface area contributed by atoms with Crippen LogP contribution in [0.3, 0.4) is 0 Å². The van der Waals surface area contributed by atoms with Crippen molar-refractivity contribution in [3.63, 3.8) is 0 Å². The van der Waals surface area contributed by atoms with Crippen LogP contribution in [-0.2, 0) is 11.3 Å². The summed E-state index contributed by atoms with van der Waals surface area (Å²) in [5.41, 5.74) is 3.73. The Bertz CT molecular complexity index is 367. The number of aromatic nitrogens is 2. The van der Waals surface area contributed by atoms with Crippen LogP contribution in [0.15, 0.2) is 0 Å². The highest BCUT2D eigenvalue weighted by Gasteiger charge is 2.13. The summed E-state index contributed by atoms with van der Waals surface area (Å²) in [4.78, 5) is 0. The Morgan fingerprint density at radius 2 is 2.24 bits per heavy atom. The first-order valence-electron chi connectivity index (χ1n) is 6.50. The third-order valence-corrected chi connectivity index (χ3v) is 3.66. The van der Waals surface area contributed by atoms with Gasteiger partial charge >= 0.3 is 0 Å². The van der Waals surface area contributed by atoms with E-state index >= 15 is 0 Å². The summed E-state index contributed by atoms with van der Waals surface area (Å²) in [6.45, 7) is 10.0. The summed E-state index contributed by atoms with van der Waals surface area (Å²) in [6.07, 6.45) is 2.41. The van der Waals surface area contributed by atoms with Gasteiger partial charge in [-0.1, -0.05) is 0 Å². The molecule has 1 aromatic rings. The monoisotopic (exact) mass is 237 g/mol. The van der Waals surface area contributed by atoms with E-state index in [0.717, 1.165) is 32.0 Å². The number of ether oxygens (including phenoxy) is 1. The van der Waals surface area contributed by atoms with Gasteiger partial charge < -0.3 is 10.1 Å². The standard InChI is InChI=1S/C13H23N3O/c1-10-11(2)15-16(12(10)3)7-6-14-13-5-4-8-17-9-13/h13-14H,4-9H2,1-3H3/t13-/m1/s1. The van der Waals surface area contributed by atoms with Crippen molar-refractivity contribution in [1.29, 1.82) is 0 Å². The molecular formula is C13H23N3O. The summed E-state index contributed by atoms with van der Waals surface area (Å²) in [7, 11) is 0. The largest absolute Gasteiger partial charge is 0.380 e. The third-order valence-electron chi connectivity index (χ3n) is 3.66. The Morgan fingerprint density at radius 3 is 2.82 bits per heavy atom. The summed E-state index contributed by atoms with van der Waals surface area (Å²) in [5.74, 6) is 0. The zero-order valence-electron chi connectivity index (χ0n) is 11.1. The number of nitrogens with one attached hydrogen (secondary N) is 1. The quantitative estimate of drug-likeness (QED) is 0.864. The van der Waals surface area contributed by atoms with Gasteiger partial charge in [0.05, 0.1) is 18.8 Å². The molecule has 4 heteroatoms. The van der Waals surface area contributed by atoms with Crippen LogP contribution in [0.25, 0.3) is 0 Å². The van der Waals surface area contributed by atoms with Crippen molar-refractivity contribution in [2.75, 3.05) is 19.8 Å². The van der Waals surface area contributed by atoms with Crippen molar-refractivity contribution in [2.24, 2.45) is 0 Å². The van der Waals surface area contributed by atoms with Gasteiger partial charge in [0.25, 0.3) is 0 Å². The number of nitrogens with zero attached hydrogens (tertiary/aromatic N) is 2. The summed E-state index contributed by atoms with van der Waals surface area (Å²) in [5, 5.41) is 8.08. The van der Waals surface area contributed by atoms with E-state index in [0.29, 0.717) is 6.04 Å². The zero-order valence-corrected chi connectivity index (χ0v) is 11.1. The fourth-order valence-electron chi connectivity index (χ4n) is 2.28. The van der Waals surface area contributed by atoms with E-state index in [1.54, 1.807) is 0 Å². The zero-order chi connectivity index (χ0) is 12.3. The number of hydrogen-bond acceptors (Lipinski definition) is 3. The van der Waals surface area contributed by atoms with E-state index in [-0.39, 0.29) is 0 Å². The van der Waals surface area contributed by atoms with Crippen molar-refractivity contribution in [3.05, 3.63) is 17.0 Å². The molecule has 1 aliphatic rings. The number of aryl methyl sites for hydroxylation is 1. The second-order valence-electron chi connectivity index (χ2n) is 4.89. The molecule has 1 aromatic heterocycles. The molecule has 0 unspecified atom stereocenters. The molecule has 1 aliphatic heterocycles. The van der Waals surface area contributed by atoms with Crippen LogP contribution in [0, 0.1) is 20.8 Å². The first-order chi connectivity index (χ1) is 8.18. The molecule has 2 heterocycles. The maximum absolute atomic E-state index is 5.45. The average molecular weight is 237 g/mol. The van der Waals surface area contributed by atoms with E-state index in [2.05, 4.69) is 35.9 Å². The van der Waals surface area contributed by atoms with Gasteiger partial charge in [-0.15, -0.1) is 0 Å². The minimum atomic E-state index is 0.529. The molecule has 4 nitrogen and oxygen atoms in total. The fraction of sp³-hybridized carbons (Fsp3) is 0.769. The molecule has 17 heavy (non-hydrogen) atoms. The second-order valence-corrected chi connectivity index (χ2v) is 4.89. The van der Waals surface area contributed by atoms with Crippen molar-refractivity contribution in [1.82, 2.24) is 15.1 Å². The molecule has 0 spiro atoms. The van der Waals surface area contributed by atoms with Crippen LogP contribution in [0.1, 0.15) is 29.8 Å². The van der Waals surface area contributed by atoms with Gasteiger partial charge in [0.15, 0.2) is 0 Å². The molecule has 1 N–H and O–H groups in total. The Morgan fingerprint density at radius 1 is 1.41 bits per heavy atom. The van der Waals surface area contributed by atoms with Crippen molar-refractivity contribution in [2.45, 2.75) is 46.2 Å². The molecule has 0 bridgehead atoms. The van der Waals surface area contributed by atoms with E-state index in [1.807, 2.05) is 0 Å². The van der Waals surface area contributed by atoms with Crippen LogP contribution in [0.5, 0.6) is 0 Å². The number of hydrogen-bond donors (Lipinski definition) is 1. The Balaban J connectivity index is 1.79. The van der Waals surface area contributed by atoms with Gasteiger partial charge in [-0.2, -0.15) is 5.10 Å². The topological polar surface area (TPSA) is 39.1 Å². The van der Waals surface area contributed by atoms with Gasteiger partial charge in [0.2, 0.25) is 0 Å². The number of rotatable bonds is 4. The summed E-state index contributed by atoms with van der Waals surface area (Å²) in [6, 6.07) is 0.529. The van der Waals surface area contributed by atoms with Gasteiger partial charge in [-0.05, 0) is 39.2 Å². The summed E-state index contributed by atoms with van der Waals surface area (Å²) < 4.78 is 7.55. The smallest absolute Gasteiger partial charge is 0.0625 e. The lowest BCUT2D eigenvalue weighted by atomic mass is 10.1. The lowest BCUT2D eigenvalue weighted by Crippen LogP contribution is -2.38. The molecule has 2 rings (SSSR count). The lowest BCUT2D eigenvalue weighted by molar-refractivity contribution is 0.0702. The highest BCUT2D eigenvalue weighted by molar-refractivity contribution is 5.22. The van der Waals surface area contributed by atoms with Crippen LogP contribution in [0.2, 0.25) is 0 Å². The highest BCUT2D eigenvalue weighted by Crippen LogP contribution is 2.10. The SMILES string of the molecule is Cc1nn(CCN[C@@H]2CCCOC2)c(C)c1C. The molecule has 1 saturated heterocycles. The van der Waals surface area contributed by atoms with Crippen LogP contribution >= 0.6 is 0 Å². The second kappa shape index (κ2) is 5.65. The summed E-state index contributed by atoms with van der Waals surface area (Å²) >= 11 is 0. The van der Waals surface area contributed by atoms with E-state index in [4.69, 9.17) is 4.74 Å². The Hall–Kier alpha value is -0.870. The third kappa shape index (κ3) is 3.07. The van der Waals surface area contributed by atoms with Gasteiger partial charge in [0.1, 0.15) is 0 Å². The first kappa shape index (κ1) is 12.6. The molecule has 1 fully saturated rings. The maximum Gasteiger partial charge on any atom is 0.0625 e. The Kier molecular flexibility index (Phi) is 4.18. The molecule has 1 atom stereocenters. The van der Waals surface area contributed by atoms with E-state index in [1.165, 1.54) is 24.1 Å². The minimum absolute atomic E-state index is 0.529. The predicted molar refractivity (Wildman–Crippen MR) is 68.3 cm³/mol. The van der Waals surface area contributed by atoms with Crippen molar-refractivity contribution >= 4 is 0 Å². The Labute approximate surface area is 103 Å². The lowest BCUT2D eigenvalue weighted by Gasteiger charge is -2.23. The van der Waals surface area contributed by atoms with Gasteiger partial charge in [-0.3, -0.25) is 4.68 Å². The van der Waals surface area contributed by atoms with E-state index < -0.39 is 0 Å². The first-order valence-corrected chi connectivity index (χ1v) is 6.50. The maximum atomic E-state index is 5.45. The average Bonchev–Trinajstić information content (AvgIpc) is 2.59. The molecule has 96 valence electrons. The van der Waals surface area contributed by atoms with Crippen molar-refractivity contribution < 1.29 is 4.74 Å². The van der Waals surface area contributed by atoms with Crippen LogP contribution in [-0.4, -0.2) is 35.6 Å². The van der Waals surface area contributed by atoms with Gasteiger partial charge in [0, 0.05) is 24.9 Å². The molecule has 0 amide bonds. The normalized spacial score (nSPS) is 20.8. The van der Waals surface area contributed by atoms with Crippen molar-refractivity contribution in [3.8, 4) is 0 Å². The highest BCUT2D eigenvalue weighted by atomic mass is 16.5. The molecular weight excluding hydrogens is 214 g/mol. The molecule has 0 radical (unpaired) electrons. The minimum Gasteiger partial charge on any atom is -0.380 e. The molecule has 0 aliphatic carbocycles. The van der Waals surface area contributed by atoms with Crippen LogP contribution in [0.4, 0.5) is 0 Å². The van der Waals surface area contributed by atoms with Crippen LogP contribution < -0.4 is 5.32 Å². The molecule has 0 aromatic carbocycles. The fourth-order valence-corrected chi connectivity index (χ4v) is 2.28.